The zero-order valence-electron chi connectivity index (χ0n) is 22.5. The van der Waals surface area contributed by atoms with E-state index < -0.39 is 0 Å². The van der Waals surface area contributed by atoms with Crippen molar-refractivity contribution < 1.29 is 0 Å². The van der Waals surface area contributed by atoms with Gasteiger partial charge in [0.15, 0.2) is 0 Å². The Hall–Kier alpha value is -5.40. The summed E-state index contributed by atoms with van der Waals surface area (Å²) >= 11 is 0. The summed E-state index contributed by atoms with van der Waals surface area (Å²) in [6, 6.07) is 57.0. The van der Waals surface area contributed by atoms with Gasteiger partial charge in [-0.1, -0.05) is 121 Å². The number of benzene rings is 8. The van der Waals surface area contributed by atoms with Gasteiger partial charge in [0, 0.05) is 11.4 Å². The Morgan fingerprint density at radius 1 is 0.268 bits per heavy atom. The summed E-state index contributed by atoms with van der Waals surface area (Å²) in [6.07, 6.45) is 0. The molecule has 0 aliphatic carbocycles. The Morgan fingerprint density at radius 3 is 1.05 bits per heavy atom. The van der Waals surface area contributed by atoms with Gasteiger partial charge in [0.05, 0.1) is 0 Å². The maximum absolute atomic E-state index is 3.57. The van der Waals surface area contributed by atoms with Crippen LogP contribution in [0.2, 0.25) is 0 Å². The zero-order valence-corrected chi connectivity index (χ0v) is 22.5. The van der Waals surface area contributed by atoms with Gasteiger partial charge in [-0.05, 0) is 102 Å². The standard InChI is InChI=1S/C40H27N/c1-3-7-37-29(5-1)9-11-31-13-15-33(25-39(31)37)27-17-21-35(22-18-27)41-36-23-19-28(20-24-36)34-16-14-32-12-10-30-6-2-4-8-38(30)40(32)26-34/h1-26,41H. The number of hydrogen-bond acceptors (Lipinski definition) is 1. The minimum Gasteiger partial charge on any atom is -0.356 e. The van der Waals surface area contributed by atoms with Gasteiger partial charge in [0.1, 0.15) is 0 Å². The van der Waals surface area contributed by atoms with Crippen LogP contribution in [0.3, 0.4) is 0 Å². The molecule has 0 radical (unpaired) electrons. The predicted molar refractivity (Wildman–Crippen MR) is 177 cm³/mol. The fourth-order valence-corrected chi connectivity index (χ4v) is 6.02. The maximum Gasteiger partial charge on any atom is 0.0384 e. The van der Waals surface area contributed by atoms with Crippen molar-refractivity contribution in [3.8, 4) is 22.3 Å². The molecule has 1 N–H and O–H groups in total. The average Bonchev–Trinajstić information content (AvgIpc) is 3.05. The fourth-order valence-electron chi connectivity index (χ4n) is 6.02. The molecule has 0 atom stereocenters. The number of rotatable bonds is 4. The highest BCUT2D eigenvalue weighted by molar-refractivity contribution is 6.09. The number of anilines is 2. The Bertz CT molecular complexity index is 2050. The molecule has 0 unspecified atom stereocenters. The van der Waals surface area contributed by atoms with E-state index in [4.69, 9.17) is 0 Å². The molecule has 8 aromatic rings. The third-order valence-electron chi connectivity index (χ3n) is 8.22. The van der Waals surface area contributed by atoms with Crippen molar-refractivity contribution in [1.82, 2.24) is 0 Å². The molecule has 8 aromatic carbocycles. The van der Waals surface area contributed by atoms with Crippen LogP contribution >= 0.6 is 0 Å². The van der Waals surface area contributed by atoms with Crippen LogP contribution in [0, 0.1) is 0 Å². The van der Waals surface area contributed by atoms with Crippen LogP contribution in [0.15, 0.2) is 158 Å². The molecule has 0 bridgehead atoms. The molecule has 0 amide bonds. The Morgan fingerprint density at radius 2 is 0.610 bits per heavy atom. The first-order chi connectivity index (χ1) is 20.3. The number of hydrogen-bond donors (Lipinski definition) is 1. The second kappa shape index (κ2) is 9.66. The zero-order chi connectivity index (χ0) is 27.2. The van der Waals surface area contributed by atoms with Gasteiger partial charge in [-0.2, -0.15) is 0 Å². The number of nitrogens with one attached hydrogen (secondary N) is 1. The molecule has 0 saturated heterocycles. The minimum atomic E-state index is 1.07. The van der Waals surface area contributed by atoms with Crippen molar-refractivity contribution in [2.24, 2.45) is 0 Å². The van der Waals surface area contributed by atoms with Crippen LogP contribution in [0.4, 0.5) is 11.4 Å². The Kier molecular flexibility index (Phi) is 5.53. The van der Waals surface area contributed by atoms with Crippen LogP contribution < -0.4 is 5.32 Å². The summed E-state index contributed by atoms with van der Waals surface area (Å²) in [6.45, 7) is 0. The molecule has 0 saturated carbocycles. The van der Waals surface area contributed by atoms with E-state index in [2.05, 4.69) is 163 Å². The predicted octanol–water partition coefficient (Wildman–Crippen LogP) is 11.4. The van der Waals surface area contributed by atoms with Gasteiger partial charge < -0.3 is 5.32 Å². The van der Waals surface area contributed by atoms with Crippen LogP contribution in [0.25, 0.3) is 65.3 Å². The summed E-state index contributed by atoms with van der Waals surface area (Å²) in [7, 11) is 0. The monoisotopic (exact) mass is 521 g/mol. The smallest absolute Gasteiger partial charge is 0.0384 e. The van der Waals surface area contributed by atoms with Crippen molar-refractivity contribution in [1.29, 1.82) is 0 Å². The summed E-state index contributed by atoms with van der Waals surface area (Å²) in [5.41, 5.74) is 7.03. The Labute approximate surface area is 239 Å². The quantitative estimate of drug-likeness (QED) is 0.227. The number of fused-ring (bicyclic) bond motifs is 6. The highest BCUT2D eigenvalue weighted by Gasteiger charge is 2.06. The summed E-state index contributed by atoms with van der Waals surface area (Å²) in [5.74, 6) is 0. The lowest BCUT2D eigenvalue weighted by atomic mass is 9.97. The van der Waals surface area contributed by atoms with E-state index in [9.17, 15) is 0 Å². The van der Waals surface area contributed by atoms with Crippen LogP contribution in [0.5, 0.6) is 0 Å². The van der Waals surface area contributed by atoms with Gasteiger partial charge in [-0.25, -0.2) is 0 Å². The van der Waals surface area contributed by atoms with Gasteiger partial charge in [0.2, 0.25) is 0 Å². The summed E-state index contributed by atoms with van der Waals surface area (Å²) < 4.78 is 0. The molecule has 0 aromatic heterocycles. The van der Waals surface area contributed by atoms with E-state index in [1.165, 1.54) is 65.3 Å². The normalized spacial score (nSPS) is 11.4. The van der Waals surface area contributed by atoms with E-state index in [0.717, 1.165) is 11.4 Å². The molecule has 1 heteroatoms. The minimum absolute atomic E-state index is 1.07. The van der Waals surface area contributed by atoms with Crippen molar-refractivity contribution in [2.45, 2.75) is 0 Å². The highest BCUT2D eigenvalue weighted by Crippen LogP contribution is 2.33. The lowest BCUT2D eigenvalue weighted by Crippen LogP contribution is -1.90. The second-order valence-corrected chi connectivity index (χ2v) is 10.7. The van der Waals surface area contributed by atoms with E-state index in [1.54, 1.807) is 0 Å². The lowest BCUT2D eigenvalue weighted by Gasteiger charge is -2.11. The third kappa shape index (κ3) is 4.29. The van der Waals surface area contributed by atoms with Gasteiger partial charge >= 0.3 is 0 Å². The van der Waals surface area contributed by atoms with E-state index >= 15 is 0 Å². The van der Waals surface area contributed by atoms with Crippen LogP contribution in [-0.2, 0) is 0 Å². The van der Waals surface area contributed by atoms with Crippen LogP contribution in [-0.4, -0.2) is 0 Å². The second-order valence-electron chi connectivity index (χ2n) is 10.7. The largest absolute Gasteiger partial charge is 0.356 e. The molecule has 0 spiro atoms. The van der Waals surface area contributed by atoms with Crippen molar-refractivity contribution >= 4 is 54.5 Å². The third-order valence-corrected chi connectivity index (χ3v) is 8.22. The van der Waals surface area contributed by atoms with Crippen molar-refractivity contribution in [3.63, 3.8) is 0 Å². The molecule has 0 heterocycles. The topological polar surface area (TPSA) is 12.0 Å². The Balaban J connectivity index is 1.04. The lowest BCUT2D eigenvalue weighted by molar-refractivity contribution is 1.54. The summed E-state index contributed by atoms with van der Waals surface area (Å²) in [5, 5.41) is 13.8. The van der Waals surface area contributed by atoms with E-state index in [-0.39, 0.29) is 0 Å². The van der Waals surface area contributed by atoms with Gasteiger partial charge in [-0.15, -0.1) is 0 Å². The van der Waals surface area contributed by atoms with Gasteiger partial charge in [-0.3, -0.25) is 0 Å². The molecule has 0 fully saturated rings. The van der Waals surface area contributed by atoms with Crippen molar-refractivity contribution in [2.75, 3.05) is 5.32 Å². The molecular weight excluding hydrogens is 494 g/mol. The molecule has 41 heavy (non-hydrogen) atoms. The van der Waals surface area contributed by atoms with Crippen LogP contribution in [0.1, 0.15) is 0 Å². The molecule has 192 valence electrons. The first-order valence-corrected chi connectivity index (χ1v) is 14.1. The van der Waals surface area contributed by atoms with Gasteiger partial charge in [0.25, 0.3) is 0 Å². The fraction of sp³-hybridized carbons (Fsp3) is 0. The SMILES string of the molecule is c1ccc2c(c1)ccc1ccc(-c3ccc(Nc4ccc(-c5ccc6ccc7ccccc7c6c5)cc4)cc3)cc12. The molecule has 8 rings (SSSR count). The maximum atomic E-state index is 3.57. The average molecular weight is 522 g/mol. The first kappa shape index (κ1) is 23.5. The first-order valence-electron chi connectivity index (χ1n) is 14.1. The summed E-state index contributed by atoms with van der Waals surface area (Å²) in [4.78, 5) is 0. The molecule has 1 nitrogen and oxygen atoms in total. The van der Waals surface area contributed by atoms with E-state index in [0.29, 0.717) is 0 Å². The molecule has 0 aliphatic heterocycles. The molecule has 0 aliphatic rings. The van der Waals surface area contributed by atoms with E-state index in [1.807, 2.05) is 0 Å². The molecular formula is C40H27N. The highest BCUT2D eigenvalue weighted by atomic mass is 14.9. The van der Waals surface area contributed by atoms with Crippen molar-refractivity contribution in [3.05, 3.63) is 158 Å².